The highest BCUT2D eigenvalue weighted by atomic mass is 16.4. The number of carboxylic acids is 1. The van der Waals surface area contributed by atoms with Gasteiger partial charge in [-0.1, -0.05) is 44.2 Å². The van der Waals surface area contributed by atoms with Crippen molar-refractivity contribution in [3.8, 4) is 0 Å². The molecule has 0 unspecified atom stereocenters. The molecule has 7 nitrogen and oxygen atoms in total. The van der Waals surface area contributed by atoms with Gasteiger partial charge in [0.2, 0.25) is 0 Å². The minimum absolute atomic E-state index is 0.0487. The van der Waals surface area contributed by atoms with Crippen molar-refractivity contribution in [3.63, 3.8) is 0 Å². The number of rotatable bonds is 5. The average Bonchev–Trinajstić information content (AvgIpc) is 3.02. The van der Waals surface area contributed by atoms with Gasteiger partial charge in [0.25, 0.3) is 5.56 Å². The van der Waals surface area contributed by atoms with Crippen LogP contribution < -0.4 is 5.56 Å². The number of amides is 1. The molecule has 29 heavy (non-hydrogen) atoms. The molecule has 0 aliphatic heterocycles. The highest BCUT2D eigenvalue weighted by Gasteiger charge is 2.25. The second kappa shape index (κ2) is 7.95. The van der Waals surface area contributed by atoms with Crippen molar-refractivity contribution < 1.29 is 14.7 Å². The summed E-state index contributed by atoms with van der Waals surface area (Å²) in [6.45, 7) is 8.29. The molecule has 7 heteroatoms. The van der Waals surface area contributed by atoms with Crippen molar-refractivity contribution in [3.05, 3.63) is 69.5 Å². The quantitative estimate of drug-likeness (QED) is 0.682. The molecule has 2 N–H and O–H groups in total. The molecule has 0 aliphatic carbocycles. The third-order valence-corrected chi connectivity index (χ3v) is 5.03. The van der Waals surface area contributed by atoms with E-state index in [1.807, 2.05) is 38.1 Å². The second-order valence-electron chi connectivity index (χ2n) is 7.64. The number of carbonyl (C=O) groups excluding carboxylic acids is 1. The predicted molar refractivity (Wildman–Crippen MR) is 112 cm³/mol. The fraction of sp³-hybridized carbons (Fsp3) is 0.318. The third kappa shape index (κ3) is 3.81. The zero-order valence-electron chi connectivity index (χ0n) is 17.0. The zero-order chi connectivity index (χ0) is 21.3. The number of aromatic amines is 1. The molecule has 1 aromatic heterocycles. The van der Waals surface area contributed by atoms with Gasteiger partial charge in [-0.3, -0.25) is 9.89 Å². The van der Waals surface area contributed by atoms with Crippen molar-refractivity contribution in [2.75, 3.05) is 0 Å². The van der Waals surface area contributed by atoms with Crippen LogP contribution in [0.25, 0.3) is 10.9 Å². The standard InChI is InChI=1S/C22H25N3O4/c1-13(2)16-9-6-5-8-15(16)12-24(14(3)4)22(29)25-20(26)17-10-7-11-18(21(27)28)19(17)23-25/h5-11,13-14,23H,12H2,1-4H3,(H,27,28). The van der Waals surface area contributed by atoms with Crippen LogP contribution >= 0.6 is 0 Å². The van der Waals surface area contributed by atoms with Gasteiger partial charge in [0.1, 0.15) is 0 Å². The lowest BCUT2D eigenvalue weighted by atomic mass is 9.97. The van der Waals surface area contributed by atoms with Crippen LogP contribution in [0.3, 0.4) is 0 Å². The lowest BCUT2D eigenvalue weighted by molar-refractivity contribution is 0.0698. The molecule has 0 bridgehead atoms. The van der Waals surface area contributed by atoms with Gasteiger partial charge in [-0.25, -0.2) is 9.59 Å². The molecular weight excluding hydrogens is 370 g/mol. The number of hydrogen-bond donors (Lipinski definition) is 2. The third-order valence-electron chi connectivity index (χ3n) is 5.03. The van der Waals surface area contributed by atoms with Crippen LogP contribution in [0.15, 0.2) is 47.3 Å². The Hall–Kier alpha value is -3.35. The summed E-state index contributed by atoms with van der Waals surface area (Å²) in [5.41, 5.74) is 1.69. The van der Waals surface area contributed by atoms with Gasteiger partial charge in [-0.05, 0) is 43.0 Å². The number of hydrogen-bond acceptors (Lipinski definition) is 3. The van der Waals surface area contributed by atoms with Crippen LogP contribution in [0.1, 0.15) is 55.1 Å². The van der Waals surface area contributed by atoms with Crippen molar-refractivity contribution in [1.29, 1.82) is 0 Å². The Balaban J connectivity index is 2.05. The van der Waals surface area contributed by atoms with E-state index in [1.165, 1.54) is 18.2 Å². The second-order valence-corrected chi connectivity index (χ2v) is 7.64. The number of aromatic nitrogens is 2. The van der Waals surface area contributed by atoms with Gasteiger partial charge in [-0.15, -0.1) is 0 Å². The maximum atomic E-state index is 13.3. The molecule has 2 aromatic carbocycles. The van der Waals surface area contributed by atoms with Crippen molar-refractivity contribution in [1.82, 2.24) is 14.7 Å². The number of carboxylic acid groups (broad SMARTS) is 1. The van der Waals surface area contributed by atoms with Crippen LogP contribution in [-0.4, -0.2) is 37.8 Å². The van der Waals surface area contributed by atoms with Crippen molar-refractivity contribution >= 4 is 22.9 Å². The fourth-order valence-electron chi connectivity index (χ4n) is 3.47. The van der Waals surface area contributed by atoms with E-state index in [1.54, 1.807) is 4.90 Å². The van der Waals surface area contributed by atoms with Gasteiger partial charge in [0.15, 0.2) is 0 Å². The summed E-state index contributed by atoms with van der Waals surface area (Å²) < 4.78 is 0.898. The van der Waals surface area contributed by atoms with Crippen molar-refractivity contribution in [2.24, 2.45) is 0 Å². The maximum absolute atomic E-state index is 13.3. The fourth-order valence-corrected chi connectivity index (χ4v) is 3.47. The lowest BCUT2D eigenvalue weighted by Gasteiger charge is -2.28. The van der Waals surface area contributed by atoms with E-state index in [0.29, 0.717) is 12.5 Å². The van der Waals surface area contributed by atoms with Gasteiger partial charge < -0.3 is 10.0 Å². The summed E-state index contributed by atoms with van der Waals surface area (Å²) in [7, 11) is 0. The summed E-state index contributed by atoms with van der Waals surface area (Å²) in [6.07, 6.45) is 0. The number of carbonyl (C=O) groups is 2. The number of aromatic carboxylic acids is 1. The molecule has 1 amide bonds. The van der Waals surface area contributed by atoms with E-state index in [0.717, 1.165) is 15.8 Å². The largest absolute Gasteiger partial charge is 0.478 e. The highest BCUT2D eigenvalue weighted by Crippen LogP contribution is 2.22. The maximum Gasteiger partial charge on any atom is 0.346 e. The normalized spacial score (nSPS) is 11.4. The van der Waals surface area contributed by atoms with Crippen LogP contribution in [0.4, 0.5) is 4.79 Å². The number of nitrogens with zero attached hydrogens (tertiary/aromatic N) is 2. The number of fused-ring (bicyclic) bond motifs is 1. The van der Waals surface area contributed by atoms with Crippen LogP contribution in [0.2, 0.25) is 0 Å². The van der Waals surface area contributed by atoms with E-state index in [9.17, 15) is 19.5 Å². The van der Waals surface area contributed by atoms with E-state index in [2.05, 4.69) is 18.9 Å². The first kappa shape index (κ1) is 20.4. The topological polar surface area (TPSA) is 95.4 Å². The number of H-pyrrole nitrogens is 1. The summed E-state index contributed by atoms with van der Waals surface area (Å²) >= 11 is 0. The molecule has 3 aromatic rings. The summed E-state index contributed by atoms with van der Waals surface area (Å²) in [5.74, 6) is -0.868. The smallest absolute Gasteiger partial charge is 0.346 e. The Kier molecular flexibility index (Phi) is 5.59. The molecule has 0 saturated heterocycles. The van der Waals surface area contributed by atoms with E-state index in [4.69, 9.17) is 0 Å². The van der Waals surface area contributed by atoms with Gasteiger partial charge in [-0.2, -0.15) is 4.68 Å². The predicted octanol–water partition coefficient (Wildman–Crippen LogP) is 4.03. The molecule has 3 rings (SSSR count). The van der Waals surface area contributed by atoms with Gasteiger partial charge >= 0.3 is 12.0 Å². The first-order valence-electron chi connectivity index (χ1n) is 9.58. The molecule has 0 saturated carbocycles. The number of benzene rings is 2. The molecule has 0 aliphatic rings. The molecule has 1 heterocycles. The number of para-hydroxylation sites is 1. The summed E-state index contributed by atoms with van der Waals surface area (Å²) in [4.78, 5) is 39.1. The molecule has 0 atom stereocenters. The lowest BCUT2D eigenvalue weighted by Crippen LogP contribution is -2.43. The summed E-state index contributed by atoms with van der Waals surface area (Å²) in [6, 6.07) is 11.6. The van der Waals surface area contributed by atoms with E-state index in [-0.39, 0.29) is 22.5 Å². The first-order chi connectivity index (χ1) is 13.7. The highest BCUT2D eigenvalue weighted by molar-refractivity contribution is 6.02. The minimum atomic E-state index is -1.16. The van der Waals surface area contributed by atoms with Gasteiger partial charge in [0.05, 0.1) is 16.5 Å². The van der Waals surface area contributed by atoms with Gasteiger partial charge in [0, 0.05) is 12.6 Å². The molecule has 0 spiro atoms. The number of nitrogens with one attached hydrogen (secondary N) is 1. The van der Waals surface area contributed by atoms with Crippen LogP contribution in [0, 0.1) is 0 Å². The van der Waals surface area contributed by atoms with E-state index < -0.39 is 17.6 Å². The molecule has 152 valence electrons. The molecule has 0 fully saturated rings. The Morgan fingerprint density at radius 3 is 2.38 bits per heavy atom. The summed E-state index contributed by atoms with van der Waals surface area (Å²) in [5, 5.41) is 12.2. The Morgan fingerprint density at radius 2 is 1.76 bits per heavy atom. The van der Waals surface area contributed by atoms with Crippen molar-refractivity contribution in [2.45, 2.75) is 46.2 Å². The average molecular weight is 395 g/mol. The minimum Gasteiger partial charge on any atom is -0.478 e. The first-order valence-corrected chi connectivity index (χ1v) is 9.58. The van der Waals surface area contributed by atoms with Crippen LogP contribution in [0.5, 0.6) is 0 Å². The molecular formula is C22H25N3O4. The monoisotopic (exact) mass is 395 g/mol. The Morgan fingerprint density at radius 1 is 1.07 bits per heavy atom. The SMILES string of the molecule is CC(C)c1ccccc1CN(C(=O)n1[nH]c2c(C(=O)O)cccc2c1=O)C(C)C. The molecule has 0 radical (unpaired) electrons. The van der Waals surface area contributed by atoms with Crippen LogP contribution in [-0.2, 0) is 6.54 Å². The van der Waals surface area contributed by atoms with E-state index >= 15 is 0 Å². The zero-order valence-corrected chi connectivity index (χ0v) is 17.0. The Labute approximate surface area is 168 Å². The Bertz CT molecular complexity index is 1120.